The zero-order valence-electron chi connectivity index (χ0n) is 13.7. The Labute approximate surface area is 143 Å². The number of methoxy groups -OCH3 is 2. The van der Waals surface area contributed by atoms with Crippen molar-refractivity contribution >= 4 is 27.2 Å². The molecule has 0 unspecified atom stereocenters. The Hall–Kier alpha value is -2.34. The first-order chi connectivity index (χ1) is 11.7. The quantitative estimate of drug-likeness (QED) is 0.683. The Morgan fingerprint density at radius 1 is 1.04 bits per heavy atom. The molecule has 1 aromatic rings. The molecule has 1 saturated heterocycles. The summed E-state index contributed by atoms with van der Waals surface area (Å²) >= 11 is 1.55. The third-order valence-corrected chi connectivity index (χ3v) is 5.46. The van der Waals surface area contributed by atoms with Gasteiger partial charge < -0.3 is 14.4 Å². The predicted molar refractivity (Wildman–Crippen MR) is 97.1 cm³/mol. The van der Waals surface area contributed by atoms with E-state index in [1.165, 1.54) is 18.9 Å². The first kappa shape index (κ1) is 15.2. The summed E-state index contributed by atoms with van der Waals surface area (Å²) in [6, 6.07) is 7.28. The third kappa shape index (κ3) is 2.47. The highest BCUT2D eigenvalue weighted by atomic mass is 32.1. The van der Waals surface area contributed by atoms with E-state index < -0.39 is 0 Å². The maximum absolute atomic E-state index is 11.9. The molecule has 0 spiro atoms. The van der Waals surface area contributed by atoms with Gasteiger partial charge in [-0.1, -0.05) is 0 Å². The minimum atomic E-state index is -0.0700. The van der Waals surface area contributed by atoms with Crippen molar-refractivity contribution in [1.29, 1.82) is 0 Å². The van der Waals surface area contributed by atoms with Crippen LogP contribution in [-0.2, 0) is 0 Å². The molecule has 2 heterocycles. The second kappa shape index (κ2) is 5.94. The van der Waals surface area contributed by atoms with Gasteiger partial charge >= 0.3 is 0 Å². The standard InChI is InChI=1S/C18H18N2O3S/c1-22-13-7-11(20-5-3-4-6-20)8-15-17(13)19-18-14(23-2)9-12(21)10-16(18)24-15/h7-10H,3-6H2,1-2H3. The Kier molecular flexibility index (Phi) is 3.76. The van der Waals surface area contributed by atoms with Gasteiger partial charge in [-0.05, 0) is 18.9 Å². The number of hydrogen-bond acceptors (Lipinski definition) is 6. The van der Waals surface area contributed by atoms with E-state index in [4.69, 9.17) is 14.5 Å². The molecule has 0 N–H and O–H groups in total. The number of fused-ring (bicyclic) bond motifs is 2. The smallest absolute Gasteiger partial charge is 0.183 e. The first-order valence-corrected chi connectivity index (χ1v) is 8.77. The minimum Gasteiger partial charge on any atom is -0.494 e. The monoisotopic (exact) mass is 342 g/mol. The van der Waals surface area contributed by atoms with E-state index in [-0.39, 0.29) is 5.43 Å². The number of ether oxygens (including phenoxy) is 2. The van der Waals surface area contributed by atoms with Gasteiger partial charge in [-0.25, -0.2) is 4.98 Å². The van der Waals surface area contributed by atoms with Crippen LogP contribution in [0.3, 0.4) is 0 Å². The van der Waals surface area contributed by atoms with Crippen LogP contribution >= 0.6 is 11.3 Å². The van der Waals surface area contributed by atoms with E-state index in [1.807, 2.05) is 6.07 Å². The molecule has 6 heteroatoms. The number of aromatic nitrogens is 1. The molecule has 4 rings (SSSR count). The van der Waals surface area contributed by atoms with Gasteiger partial charge in [-0.2, -0.15) is 0 Å². The van der Waals surface area contributed by atoms with Crippen LogP contribution in [0.4, 0.5) is 5.69 Å². The molecule has 0 aromatic heterocycles. The molecule has 0 atom stereocenters. The van der Waals surface area contributed by atoms with Gasteiger partial charge in [0.25, 0.3) is 0 Å². The van der Waals surface area contributed by atoms with Crippen molar-refractivity contribution in [3.63, 3.8) is 0 Å². The zero-order chi connectivity index (χ0) is 16.7. The van der Waals surface area contributed by atoms with Crippen molar-refractivity contribution in [2.24, 2.45) is 0 Å². The molecule has 124 valence electrons. The SMILES string of the molecule is COc1cc(=O)cc2sc3cc(N4CCCC4)cc(OC)c3nc1-2. The van der Waals surface area contributed by atoms with Gasteiger partial charge in [-0.15, -0.1) is 11.3 Å². The highest BCUT2D eigenvalue weighted by molar-refractivity contribution is 7.21. The first-order valence-electron chi connectivity index (χ1n) is 7.95. The van der Waals surface area contributed by atoms with Crippen molar-refractivity contribution in [2.75, 3.05) is 32.2 Å². The summed E-state index contributed by atoms with van der Waals surface area (Å²) in [4.78, 5) is 19.8. The zero-order valence-corrected chi connectivity index (χ0v) is 14.5. The molecule has 1 aliphatic carbocycles. The molecule has 0 radical (unpaired) electrons. The summed E-state index contributed by atoms with van der Waals surface area (Å²) in [5.41, 5.74) is 2.58. The lowest BCUT2D eigenvalue weighted by molar-refractivity contribution is 0.414. The van der Waals surface area contributed by atoms with Crippen LogP contribution in [-0.4, -0.2) is 32.3 Å². The van der Waals surface area contributed by atoms with Crippen molar-refractivity contribution in [1.82, 2.24) is 4.98 Å². The summed E-state index contributed by atoms with van der Waals surface area (Å²) in [5, 5.41) is 0. The highest BCUT2D eigenvalue weighted by Gasteiger charge is 2.19. The van der Waals surface area contributed by atoms with Crippen molar-refractivity contribution in [3.8, 4) is 22.1 Å². The van der Waals surface area contributed by atoms with E-state index in [2.05, 4.69) is 11.0 Å². The second-order valence-electron chi connectivity index (χ2n) is 5.88. The maximum Gasteiger partial charge on any atom is 0.183 e. The van der Waals surface area contributed by atoms with Crippen LogP contribution < -0.4 is 19.8 Å². The topological polar surface area (TPSA) is 51.7 Å². The van der Waals surface area contributed by atoms with Gasteiger partial charge in [-0.3, -0.25) is 4.79 Å². The van der Waals surface area contributed by atoms with Gasteiger partial charge in [0.2, 0.25) is 0 Å². The van der Waals surface area contributed by atoms with Crippen LogP contribution in [0.15, 0.2) is 29.1 Å². The molecule has 24 heavy (non-hydrogen) atoms. The fourth-order valence-corrected chi connectivity index (χ4v) is 4.28. The number of hydrogen-bond donors (Lipinski definition) is 0. The van der Waals surface area contributed by atoms with Crippen LogP contribution in [0.5, 0.6) is 11.5 Å². The van der Waals surface area contributed by atoms with Crippen molar-refractivity contribution < 1.29 is 9.47 Å². The molecule has 1 aromatic carbocycles. The van der Waals surface area contributed by atoms with Gasteiger partial charge in [0.05, 0.1) is 23.8 Å². The van der Waals surface area contributed by atoms with Crippen LogP contribution in [0.1, 0.15) is 12.8 Å². The average Bonchev–Trinajstić information content (AvgIpc) is 3.13. The Balaban J connectivity index is 1.99. The molecule has 0 bridgehead atoms. The number of benzene rings is 2. The summed E-state index contributed by atoms with van der Waals surface area (Å²) < 4.78 is 11.9. The van der Waals surface area contributed by atoms with E-state index in [0.29, 0.717) is 11.4 Å². The molecule has 5 nitrogen and oxygen atoms in total. The Morgan fingerprint density at radius 2 is 1.79 bits per heavy atom. The van der Waals surface area contributed by atoms with Gasteiger partial charge in [0.15, 0.2) is 5.43 Å². The fraction of sp³-hybridized carbons (Fsp3) is 0.333. The summed E-state index contributed by atoms with van der Waals surface area (Å²) in [5.74, 6) is 1.25. The molecule has 0 amide bonds. The summed E-state index contributed by atoms with van der Waals surface area (Å²) in [7, 11) is 3.22. The lowest BCUT2D eigenvalue weighted by Crippen LogP contribution is -2.17. The number of nitrogens with zero attached hydrogens (tertiary/aromatic N) is 2. The molecule has 1 fully saturated rings. The van der Waals surface area contributed by atoms with E-state index >= 15 is 0 Å². The summed E-state index contributed by atoms with van der Waals surface area (Å²) in [6.45, 7) is 2.14. The minimum absolute atomic E-state index is 0.0700. The third-order valence-electron chi connectivity index (χ3n) is 4.39. The maximum atomic E-state index is 11.9. The van der Waals surface area contributed by atoms with Gasteiger partial charge in [0, 0.05) is 37.0 Å². The lowest BCUT2D eigenvalue weighted by Gasteiger charge is -2.20. The van der Waals surface area contributed by atoms with Gasteiger partial charge in [0.1, 0.15) is 22.7 Å². The largest absolute Gasteiger partial charge is 0.494 e. The molecule has 2 aliphatic heterocycles. The van der Waals surface area contributed by atoms with E-state index in [1.54, 1.807) is 31.6 Å². The number of rotatable bonds is 3. The average molecular weight is 342 g/mol. The number of anilines is 1. The van der Waals surface area contributed by atoms with Crippen LogP contribution in [0.2, 0.25) is 0 Å². The summed E-state index contributed by atoms with van der Waals surface area (Å²) in [6.07, 6.45) is 2.44. The molecular formula is C18H18N2O3S. The van der Waals surface area contributed by atoms with Crippen LogP contribution in [0.25, 0.3) is 20.8 Å². The van der Waals surface area contributed by atoms with Crippen molar-refractivity contribution in [2.45, 2.75) is 12.8 Å². The van der Waals surface area contributed by atoms with Crippen LogP contribution in [0, 0.1) is 0 Å². The van der Waals surface area contributed by atoms with Crippen molar-refractivity contribution in [3.05, 3.63) is 34.5 Å². The van der Waals surface area contributed by atoms with E-state index in [0.717, 1.165) is 39.6 Å². The Morgan fingerprint density at radius 3 is 2.50 bits per heavy atom. The molecule has 0 saturated carbocycles. The second-order valence-corrected chi connectivity index (χ2v) is 6.96. The molecule has 3 aliphatic rings. The molecular weight excluding hydrogens is 324 g/mol. The fourth-order valence-electron chi connectivity index (χ4n) is 3.20. The Bertz CT molecular complexity index is 932. The van der Waals surface area contributed by atoms with E-state index in [9.17, 15) is 4.79 Å². The lowest BCUT2D eigenvalue weighted by atomic mass is 10.2. The highest BCUT2D eigenvalue weighted by Crippen LogP contribution is 2.40. The normalized spacial score (nSPS) is 14.5. The predicted octanol–water partition coefficient (Wildman–Crippen LogP) is 3.38.